The maximum absolute atomic E-state index is 10.2. The second-order valence-electron chi connectivity index (χ2n) is 4.44. The fourth-order valence-corrected chi connectivity index (χ4v) is 2.68. The van der Waals surface area contributed by atoms with Crippen molar-refractivity contribution in [3.63, 3.8) is 0 Å². The van der Waals surface area contributed by atoms with E-state index in [0.717, 1.165) is 27.2 Å². The van der Waals surface area contributed by atoms with E-state index in [9.17, 15) is 5.11 Å². The van der Waals surface area contributed by atoms with Crippen molar-refractivity contribution in [2.45, 2.75) is 19.4 Å². The number of aromatic nitrogens is 3. The van der Waals surface area contributed by atoms with E-state index in [1.807, 2.05) is 43.3 Å². The first-order valence-electron chi connectivity index (χ1n) is 6.05. The van der Waals surface area contributed by atoms with Gasteiger partial charge in [-0.25, -0.2) is 0 Å². The first-order chi connectivity index (χ1) is 9.24. The van der Waals surface area contributed by atoms with Crippen LogP contribution in [0.2, 0.25) is 0 Å². The summed E-state index contributed by atoms with van der Waals surface area (Å²) in [7, 11) is 0. The molecule has 0 fully saturated rings. The Morgan fingerprint density at radius 2 is 2.05 bits per heavy atom. The van der Waals surface area contributed by atoms with Gasteiger partial charge in [0.15, 0.2) is 0 Å². The summed E-state index contributed by atoms with van der Waals surface area (Å²) < 4.78 is 3.85. The molecule has 0 amide bonds. The minimum Gasteiger partial charge on any atom is -0.387 e. The fourth-order valence-electron chi connectivity index (χ4n) is 2.06. The van der Waals surface area contributed by atoms with Crippen molar-refractivity contribution < 1.29 is 5.11 Å². The summed E-state index contributed by atoms with van der Waals surface area (Å²) in [4.78, 5) is 5.37. The van der Waals surface area contributed by atoms with Gasteiger partial charge < -0.3 is 5.11 Å². The molecule has 3 aromatic rings. The van der Waals surface area contributed by atoms with Gasteiger partial charge in [0.05, 0.1) is 22.2 Å². The number of aliphatic hydroxyl groups excluding tert-OH is 1. The van der Waals surface area contributed by atoms with Gasteiger partial charge in [0, 0.05) is 17.5 Å². The summed E-state index contributed by atoms with van der Waals surface area (Å²) >= 11 is 1.24. The Kier molecular flexibility index (Phi) is 3.23. The van der Waals surface area contributed by atoms with Crippen LogP contribution in [0, 0.1) is 6.92 Å². The van der Waals surface area contributed by atoms with Crippen molar-refractivity contribution in [1.82, 2.24) is 14.6 Å². The molecule has 19 heavy (non-hydrogen) atoms. The third-order valence-electron chi connectivity index (χ3n) is 3.05. The molecule has 0 saturated carbocycles. The summed E-state index contributed by atoms with van der Waals surface area (Å²) in [6.07, 6.45) is -0.108. The Balaban J connectivity index is 1.87. The van der Waals surface area contributed by atoms with E-state index in [4.69, 9.17) is 0 Å². The second kappa shape index (κ2) is 5.03. The van der Waals surface area contributed by atoms with Gasteiger partial charge in [-0.15, -0.1) is 5.10 Å². The van der Waals surface area contributed by atoms with E-state index in [1.54, 1.807) is 0 Å². The molecule has 4 nitrogen and oxygen atoms in total. The number of nitrogens with zero attached hydrogens (tertiary/aromatic N) is 3. The first kappa shape index (κ1) is 12.2. The number of hydrogen-bond donors (Lipinski definition) is 1. The summed E-state index contributed by atoms with van der Waals surface area (Å²) in [5, 5.41) is 15.2. The number of pyridine rings is 1. The van der Waals surface area contributed by atoms with E-state index in [0.29, 0.717) is 6.42 Å². The lowest BCUT2D eigenvalue weighted by Gasteiger charge is -2.08. The van der Waals surface area contributed by atoms with Gasteiger partial charge in [0.25, 0.3) is 0 Å². The Hall–Kier alpha value is -1.85. The number of fused-ring (bicyclic) bond motifs is 1. The van der Waals surface area contributed by atoms with Crippen LogP contribution in [0.1, 0.15) is 22.4 Å². The van der Waals surface area contributed by atoms with Crippen LogP contribution in [0.25, 0.3) is 10.9 Å². The number of rotatable bonds is 3. The van der Waals surface area contributed by atoms with Crippen LogP contribution in [-0.4, -0.2) is 19.7 Å². The van der Waals surface area contributed by atoms with E-state index in [-0.39, 0.29) is 0 Å². The largest absolute Gasteiger partial charge is 0.387 e. The number of para-hydroxylation sites is 1. The molecule has 5 heteroatoms. The summed E-state index contributed by atoms with van der Waals surface area (Å²) in [6, 6.07) is 11.9. The lowest BCUT2D eigenvalue weighted by Crippen LogP contribution is -2.03. The molecule has 1 unspecified atom stereocenters. The van der Waals surface area contributed by atoms with Gasteiger partial charge in [-0.1, -0.05) is 28.8 Å². The lowest BCUT2D eigenvalue weighted by molar-refractivity contribution is 0.180. The van der Waals surface area contributed by atoms with Crippen molar-refractivity contribution >= 4 is 22.4 Å². The topological polar surface area (TPSA) is 58.9 Å². The third-order valence-corrected chi connectivity index (χ3v) is 3.98. The lowest BCUT2D eigenvalue weighted by atomic mass is 10.1. The van der Waals surface area contributed by atoms with E-state index < -0.39 is 6.10 Å². The third kappa shape index (κ3) is 2.47. The van der Waals surface area contributed by atoms with Gasteiger partial charge in [-0.05, 0) is 30.6 Å². The Morgan fingerprint density at radius 1 is 1.21 bits per heavy atom. The quantitative estimate of drug-likeness (QED) is 0.795. The monoisotopic (exact) mass is 271 g/mol. The van der Waals surface area contributed by atoms with Gasteiger partial charge in [0.1, 0.15) is 0 Å². The second-order valence-corrected chi connectivity index (χ2v) is 5.22. The zero-order valence-electron chi connectivity index (χ0n) is 10.4. The molecule has 0 radical (unpaired) electrons. The molecule has 1 aromatic carbocycles. The number of hydrogen-bond acceptors (Lipinski definition) is 5. The van der Waals surface area contributed by atoms with E-state index in [2.05, 4.69) is 14.6 Å². The highest BCUT2D eigenvalue weighted by Gasteiger charge is 2.15. The number of aliphatic hydroxyl groups is 1. The van der Waals surface area contributed by atoms with Crippen molar-refractivity contribution in [1.29, 1.82) is 0 Å². The molecular formula is C14H13N3OS. The van der Waals surface area contributed by atoms with Gasteiger partial charge in [-0.2, -0.15) is 0 Å². The average Bonchev–Trinajstić information content (AvgIpc) is 2.85. The van der Waals surface area contributed by atoms with Crippen molar-refractivity contribution in [2.24, 2.45) is 0 Å². The van der Waals surface area contributed by atoms with Crippen molar-refractivity contribution in [2.75, 3.05) is 0 Å². The summed E-state index contributed by atoms with van der Waals surface area (Å²) in [6.45, 7) is 1.86. The van der Waals surface area contributed by atoms with Crippen LogP contribution in [0.3, 0.4) is 0 Å². The fraction of sp³-hybridized carbons (Fsp3) is 0.214. The summed E-state index contributed by atoms with van der Waals surface area (Å²) in [5.41, 5.74) is 2.61. The predicted octanol–water partition coefficient (Wildman–Crippen LogP) is 2.67. The Labute approximate surface area is 114 Å². The molecule has 1 N–H and O–H groups in total. The minimum atomic E-state index is -0.589. The maximum Gasteiger partial charge on any atom is 0.0972 e. The number of aryl methyl sites for hydroxylation is 1. The molecule has 1 atom stereocenters. The Bertz CT molecular complexity index is 710. The van der Waals surface area contributed by atoms with Gasteiger partial charge in [-0.3, -0.25) is 4.98 Å². The molecule has 96 valence electrons. The molecular weight excluding hydrogens is 258 g/mol. The maximum atomic E-state index is 10.2. The Morgan fingerprint density at radius 3 is 2.84 bits per heavy atom. The molecule has 2 heterocycles. The molecule has 0 bridgehead atoms. The molecule has 0 saturated heterocycles. The highest BCUT2D eigenvalue weighted by atomic mass is 32.1. The molecule has 0 aliphatic rings. The van der Waals surface area contributed by atoms with Crippen LogP contribution in [0.5, 0.6) is 0 Å². The van der Waals surface area contributed by atoms with Crippen LogP contribution in [0.15, 0.2) is 36.4 Å². The van der Waals surface area contributed by atoms with Gasteiger partial charge >= 0.3 is 0 Å². The van der Waals surface area contributed by atoms with Gasteiger partial charge in [0.2, 0.25) is 0 Å². The predicted molar refractivity (Wildman–Crippen MR) is 75.1 cm³/mol. The highest BCUT2D eigenvalue weighted by Crippen LogP contribution is 2.23. The zero-order chi connectivity index (χ0) is 13.2. The zero-order valence-corrected chi connectivity index (χ0v) is 11.3. The molecule has 2 aromatic heterocycles. The summed E-state index contributed by atoms with van der Waals surface area (Å²) in [5.74, 6) is 0. The normalized spacial score (nSPS) is 12.7. The average molecular weight is 271 g/mol. The molecule has 3 rings (SSSR count). The smallest absolute Gasteiger partial charge is 0.0972 e. The standard InChI is InChI=1S/C14H13N3OS/c1-9-14(19-17-16-9)13(18)8-11-7-6-10-4-2-3-5-12(10)15-11/h2-7,13,18H,8H2,1H3. The van der Waals surface area contributed by atoms with Crippen LogP contribution in [-0.2, 0) is 6.42 Å². The van der Waals surface area contributed by atoms with Crippen LogP contribution in [0.4, 0.5) is 0 Å². The van der Waals surface area contributed by atoms with Crippen molar-refractivity contribution in [3.05, 3.63) is 52.7 Å². The van der Waals surface area contributed by atoms with E-state index in [1.165, 1.54) is 11.5 Å². The van der Waals surface area contributed by atoms with Crippen molar-refractivity contribution in [3.8, 4) is 0 Å². The minimum absolute atomic E-state index is 0.482. The molecule has 0 aliphatic heterocycles. The highest BCUT2D eigenvalue weighted by molar-refractivity contribution is 7.05. The molecule has 0 spiro atoms. The first-order valence-corrected chi connectivity index (χ1v) is 6.83. The SMILES string of the molecule is Cc1nnsc1C(O)Cc1ccc2ccccc2n1. The van der Waals surface area contributed by atoms with Crippen LogP contribution >= 0.6 is 11.5 Å². The molecule has 0 aliphatic carbocycles. The van der Waals surface area contributed by atoms with E-state index >= 15 is 0 Å². The van der Waals surface area contributed by atoms with Crippen LogP contribution < -0.4 is 0 Å². The number of benzene rings is 1.